The van der Waals surface area contributed by atoms with E-state index in [0.717, 1.165) is 46.2 Å². The Morgan fingerprint density at radius 2 is 1.57 bits per heavy atom. The van der Waals surface area contributed by atoms with Gasteiger partial charge in [-0.15, -0.1) is 0 Å². The molecule has 1 atom stereocenters. The fraction of sp³-hybridized carbons (Fsp3) is 0.241. The summed E-state index contributed by atoms with van der Waals surface area (Å²) < 4.78 is 7.11. The lowest BCUT2D eigenvalue weighted by Gasteiger charge is -2.14. The van der Waals surface area contributed by atoms with Crippen molar-refractivity contribution in [3.8, 4) is 5.75 Å². The Morgan fingerprint density at radius 1 is 0.886 bits per heavy atom. The second kappa shape index (κ2) is 13.5. The number of para-hydroxylation sites is 1. The van der Waals surface area contributed by atoms with Gasteiger partial charge in [0, 0.05) is 16.5 Å². The molecule has 0 saturated heterocycles. The van der Waals surface area contributed by atoms with E-state index >= 15 is 0 Å². The van der Waals surface area contributed by atoms with E-state index < -0.39 is 11.9 Å². The summed E-state index contributed by atoms with van der Waals surface area (Å²) in [6.45, 7) is 0.465. The normalized spacial score (nSPS) is 11.9. The number of hydrogen-bond donors (Lipinski definition) is 2. The predicted molar refractivity (Wildman–Crippen MR) is 141 cm³/mol. The van der Waals surface area contributed by atoms with Crippen LogP contribution in [0, 0.1) is 5.92 Å². The average molecular weight is 537 g/mol. The lowest BCUT2D eigenvalue weighted by Crippen LogP contribution is -2.04. The number of benzene rings is 3. The van der Waals surface area contributed by atoms with Crippen LogP contribution in [0.1, 0.15) is 52.7 Å². The van der Waals surface area contributed by atoms with E-state index in [1.165, 1.54) is 0 Å². The predicted octanol–water partition coefficient (Wildman–Crippen LogP) is 7.24. The SMILES string of the molecule is O=C(O)CCCCC(/C=C/c1ccccc1OCc1ccc(Br)cc1)Cc1ccc(C(=O)O)cc1. The summed E-state index contributed by atoms with van der Waals surface area (Å²) in [6.07, 6.45) is 7.38. The Balaban J connectivity index is 1.70. The molecule has 0 bridgehead atoms. The molecule has 0 spiro atoms. The third-order valence-electron chi connectivity index (χ3n) is 5.69. The molecule has 1 unspecified atom stereocenters. The van der Waals surface area contributed by atoms with Gasteiger partial charge in [-0.3, -0.25) is 4.79 Å². The number of carboxylic acid groups (broad SMARTS) is 2. The monoisotopic (exact) mass is 536 g/mol. The Labute approximate surface area is 214 Å². The van der Waals surface area contributed by atoms with Gasteiger partial charge in [0.1, 0.15) is 12.4 Å². The third-order valence-corrected chi connectivity index (χ3v) is 6.22. The Kier molecular flexibility index (Phi) is 10.1. The molecule has 5 nitrogen and oxygen atoms in total. The molecule has 2 N–H and O–H groups in total. The van der Waals surface area contributed by atoms with Gasteiger partial charge in [-0.1, -0.05) is 77.0 Å². The summed E-state index contributed by atoms with van der Waals surface area (Å²) in [6, 6.07) is 22.8. The molecule has 0 radical (unpaired) electrons. The highest BCUT2D eigenvalue weighted by atomic mass is 79.9. The smallest absolute Gasteiger partial charge is 0.335 e. The number of aromatic carboxylic acids is 1. The third kappa shape index (κ3) is 9.06. The van der Waals surface area contributed by atoms with Gasteiger partial charge in [0.05, 0.1) is 5.56 Å². The number of aliphatic carboxylic acids is 1. The first kappa shape index (κ1) is 26.2. The van der Waals surface area contributed by atoms with Crippen LogP contribution in [0.3, 0.4) is 0 Å². The van der Waals surface area contributed by atoms with Crippen LogP contribution in [0.4, 0.5) is 0 Å². The highest BCUT2D eigenvalue weighted by Gasteiger charge is 2.10. The van der Waals surface area contributed by atoms with Gasteiger partial charge in [-0.25, -0.2) is 4.79 Å². The van der Waals surface area contributed by atoms with E-state index in [1.807, 2.05) is 60.7 Å². The molecule has 3 aromatic carbocycles. The minimum atomic E-state index is -0.943. The molecule has 6 heteroatoms. The maximum Gasteiger partial charge on any atom is 0.335 e. The standard InChI is InChI=1S/C29H29BrO5/c30-26-17-12-23(13-18-26)20-35-27-7-3-2-6-24(27)14-9-21(5-1-4-8-28(31)32)19-22-10-15-25(16-11-22)29(33)34/h2-3,6-7,9-18,21H,1,4-5,8,19-20H2,(H,31,32)(H,33,34)/b14-9+. The molecule has 182 valence electrons. The Hall–Kier alpha value is -3.38. The molecule has 35 heavy (non-hydrogen) atoms. The van der Waals surface area contributed by atoms with Crippen molar-refractivity contribution in [2.45, 2.75) is 38.7 Å². The van der Waals surface area contributed by atoms with Crippen LogP contribution in [-0.4, -0.2) is 22.2 Å². The van der Waals surface area contributed by atoms with Crippen molar-refractivity contribution in [1.82, 2.24) is 0 Å². The maximum atomic E-state index is 11.1. The summed E-state index contributed by atoms with van der Waals surface area (Å²) >= 11 is 3.44. The molecule has 0 aromatic heterocycles. The van der Waals surface area contributed by atoms with Gasteiger partial charge in [0.15, 0.2) is 0 Å². The topological polar surface area (TPSA) is 83.8 Å². The maximum absolute atomic E-state index is 11.1. The van der Waals surface area contributed by atoms with Crippen molar-refractivity contribution in [1.29, 1.82) is 0 Å². The van der Waals surface area contributed by atoms with Crippen molar-refractivity contribution in [3.05, 3.63) is 106 Å². The van der Waals surface area contributed by atoms with Crippen LogP contribution in [0.5, 0.6) is 5.75 Å². The highest BCUT2D eigenvalue weighted by molar-refractivity contribution is 9.10. The number of ether oxygens (including phenoxy) is 1. The van der Waals surface area contributed by atoms with E-state index in [-0.39, 0.29) is 17.9 Å². The Morgan fingerprint density at radius 3 is 2.26 bits per heavy atom. The van der Waals surface area contributed by atoms with Gasteiger partial charge in [0.2, 0.25) is 0 Å². The lowest BCUT2D eigenvalue weighted by atomic mass is 9.92. The van der Waals surface area contributed by atoms with E-state index in [1.54, 1.807) is 12.1 Å². The van der Waals surface area contributed by atoms with Gasteiger partial charge >= 0.3 is 11.9 Å². The quantitative estimate of drug-likeness (QED) is 0.225. The van der Waals surface area contributed by atoms with E-state index in [0.29, 0.717) is 13.0 Å². The van der Waals surface area contributed by atoms with Gasteiger partial charge in [-0.05, 0) is 66.6 Å². The molecule has 0 fully saturated rings. The van der Waals surface area contributed by atoms with Crippen LogP contribution in [-0.2, 0) is 17.8 Å². The fourth-order valence-electron chi connectivity index (χ4n) is 3.77. The molecule has 0 aliphatic heterocycles. The minimum absolute atomic E-state index is 0.163. The minimum Gasteiger partial charge on any atom is -0.488 e. The molecule has 3 rings (SSSR count). The zero-order chi connectivity index (χ0) is 25.0. The summed E-state index contributed by atoms with van der Waals surface area (Å²) in [5.41, 5.74) is 3.36. The molecule has 0 amide bonds. The first-order valence-electron chi connectivity index (χ1n) is 11.6. The average Bonchev–Trinajstić information content (AvgIpc) is 2.85. The van der Waals surface area contributed by atoms with E-state index in [9.17, 15) is 9.59 Å². The number of halogens is 1. The number of hydrogen-bond acceptors (Lipinski definition) is 3. The van der Waals surface area contributed by atoms with Crippen LogP contribution in [0.2, 0.25) is 0 Å². The van der Waals surface area contributed by atoms with Crippen molar-refractivity contribution in [3.63, 3.8) is 0 Å². The number of carbonyl (C=O) groups is 2. The first-order valence-corrected chi connectivity index (χ1v) is 12.4. The van der Waals surface area contributed by atoms with Gasteiger partial charge < -0.3 is 14.9 Å². The molecule has 3 aromatic rings. The van der Waals surface area contributed by atoms with Gasteiger partial charge in [0.25, 0.3) is 0 Å². The molecule has 0 saturated carbocycles. The van der Waals surface area contributed by atoms with Crippen LogP contribution >= 0.6 is 15.9 Å². The molecular formula is C29H29BrO5. The lowest BCUT2D eigenvalue weighted by molar-refractivity contribution is -0.137. The largest absolute Gasteiger partial charge is 0.488 e. The first-order chi connectivity index (χ1) is 16.9. The summed E-state index contributed by atoms with van der Waals surface area (Å²) in [5.74, 6) is -0.749. The summed E-state index contributed by atoms with van der Waals surface area (Å²) in [5, 5.41) is 18.1. The zero-order valence-electron chi connectivity index (χ0n) is 19.4. The summed E-state index contributed by atoms with van der Waals surface area (Å²) in [4.78, 5) is 22.0. The fourth-order valence-corrected chi connectivity index (χ4v) is 4.03. The second-order valence-corrected chi connectivity index (χ2v) is 9.33. The molecule has 0 heterocycles. The summed E-state index contributed by atoms with van der Waals surface area (Å²) in [7, 11) is 0. The molecular weight excluding hydrogens is 508 g/mol. The van der Waals surface area contributed by atoms with Crippen molar-refractivity contribution >= 4 is 33.9 Å². The second-order valence-electron chi connectivity index (χ2n) is 8.42. The number of carboxylic acids is 2. The van der Waals surface area contributed by atoms with Crippen LogP contribution < -0.4 is 4.74 Å². The van der Waals surface area contributed by atoms with Crippen LogP contribution in [0.15, 0.2) is 83.3 Å². The number of unbranched alkanes of at least 4 members (excludes halogenated alkanes) is 1. The van der Waals surface area contributed by atoms with Crippen LogP contribution in [0.25, 0.3) is 6.08 Å². The highest BCUT2D eigenvalue weighted by Crippen LogP contribution is 2.24. The van der Waals surface area contributed by atoms with Gasteiger partial charge in [-0.2, -0.15) is 0 Å². The van der Waals surface area contributed by atoms with Crippen molar-refractivity contribution in [2.75, 3.05) is 0 Å². The molecule has 0 aliphatic rings. The number of allylic oxidation sites excluding steroid dienone is 1. The van der Waals surface area contributed by atoms with Crippen molar-refractivity contribution < 1.29 is 24.5 Å². The molecule has 0 aliphatic carbocycles. The van der Waals surface area contributed by atoms with Crippen molar-refractivity contribution in [2.24, 2.45) is 5.92 Å². The number of rotatable bonds is 13. The van der Waals surface area contributed by atoms with E-state index in [2.05, 4.69) is 28.1 Å². The zero-order valence-corrected chi connectivity index (χ0v) is 21.0. The Bertz CT molecular complexity index is 1140. The van der Waals surface area contributed by atoms with E-state index in [4.69, 9.17) is 14.9 Å².